The SMILES string of the molecule is CCN1C(=O)OCC1CC1CN2CCC1C2. The average Bonchev–Trinajstić information content (AvgIpc) is 2.94. The number of likely N-dealkylation sites (N-methyl/N-ethyl adjacent to an activating group) is 1. The van der Waals surface area contributed by atoms with E-state index in [0.717, 1.165) is 24.8 Å². The van der Waals surface area contributed by atoms with E-state index in [-0.39, 0.29) is 6.09 Å². The highest BCUT2D eigenvalue weighted by Crippen LogP contribution is 2.36. The molecule has 1 amide bonds. The number of hydrogen-bond acceptors (Lipinski definition) is 3. The van der Waals surface area contributed by atoms with Crippen molar-refractivity contribution in [3.05, 3.63) is 0 Å². The zero-order valence-electron chi connectivity index (χ0n) is 9.89. The maximum atomic E-state index is 11.4. The summed E-state index contributed by atoms with van der Waals surface area (Å²) in [6.07, 6.45) is 2.38. The van der Waals surface area contributed by atoms with Crippen LogP contribution in [-0.4, -0.2) is 54.7 Å². The summed E-state index contributed by atoms with van der Waals surface area (Å²) in [7, 11) is 0. The first kappa shape index (κ1) is 10.4. The van der Waals surface area contributed by atoms with Crippen LogP contribution in [0.5, 0.6) is 0 Å². The van der Waals surface area contributed by atoms with Crippen molar-refractivity contribution in [2.24, 2.45) is 11.8 Å². The Hall–Kier alpha value is -0.770. The molecule has 0 radical (unpaired) electrons. The van der Waals surface area contributed by atoms with Crippen LogP contribution < -0.4 is 0 Å². The number of rotatable bonds is 3. The van der Waals surface area contributed by atoms with Gasteiger partial charge in [-0.25, -0.2) is 4.79 Å². The topological polar surface area (TPSA) is 32.8 Å². The molecule has 3 fully saturated rings. The number of fused-ring (bicyclic) bond motifs is 2. The van der Waals surface area contributed by atoms with E-state index < -0.39 is 0 Å². The number of hydrogen-bond donors (Lipinski definition) is 0. The zero-order valence-corrected chi connectivity index (χ0v) is 9.89. The van der Waals surface area contributed by atoms with Crippen molar-refractivity contribution in [3.63, 3.8) is 0 Å². The number of carbonyl (C=O) groups excluding carboxylic acids is 1. The summed E-state index contributed by atoms with van der Waals surface area (Å²) in [5.74, 6) is 1.68. The first-order valence-corrected chi connectivity index (χ1v) is 6.43. The van der Waals surface area contributed by atoms with Gasteiger partial charge in [-0.15, -0.1) is 0 Å². The maximum Gasteiger partial charge on any atom is 0.410 e. The van der Waals surface area contributed by atoms with Gasteiger partial charge in [-0.3, -0.25) is 0 Å². The molecule has 3 aliphatic rings. The van der Waals surface area contributed by atoms with Gasteiger partial charge in [-0.1, -0.05) is 0 Å². The van der Waals surface area contributed by atoms with Crippen molar-refractivity contribution >= 4 is 6.09 Å². The van der Waals surface area contributed by atoms with E-state index in [1.807, 2.05) is 11.8 Å². The summed E-state index contributed by atoms with van der Waals surface area (Å²) in [4.78, 5) is 15.9. The van der Waals surface area contributed by atoms with E-state index in [4.69, 9.17) is 4.74 Å². The summed E-state index contributed by atoms with van der Waals surface area (Å²) in [5, 5.41) is 0. The molecule has 4 atom stereocenters. The van der Waals surface area contributed by atoms with Crippen LogP contribution >= 0.6 is 0 Å². The summed E-state index contributed by atoms with van der Waals surface area (Å²) >= 11 is 0. The molecule has 90 valence electrons. The van der Waals surface area contributed by atoms with Crippen molar-refractivity contribution in [2.45, 2.75) is 25.8 Å². The van der Waals surface area contributed by atoms with E-state index >= 15 is 0 Å². The summed E-state index contributed by atoms with van der Waals surface area (Å²) in [6, 6.07) is 0.336. The van der Waals surface area contributed by atoms with Gasteiger partial charge < -0.3 is 14.5 Å². The minimum atomic E-state index is -0.115. The fraction of sp³-hybridized carbons (Fsp3) is 0.917. The molecule has 3 saturated heterocycles. The summed E-state index contributed by atoms with van der Waals surface area (Å²) < 4.78 is 5.13. The third kappa shape index (κ3) is 1.59. The molecule has 0 aromatic rings. The molecule has 0 aromatic carbocycles. The quantitative estimate of drug-likeness (QED) is 0.721. The van der Waals surface area contributed by atoms with Crippen molar-refractivity contribution in [1.29, 1.82) is 0 Å². The number of amides is 1. The Morgan fingerprint density at radius 3 is 2.94 bits per heavy atom. The van der Waals surface area contributed by atoms with Gasteiger partial charge in [0.25, 0.3) is 0 Å². The summed E-state index contributed by atoms with van der Waals surface area (Å²) in [6.45, 7) is 7.24. The van der Waals surface area contributed by atoms with Gasteiger partial charge in [0.05, 0.1) is 6.04 Å². The highest BCUT2D eigenvalue weighted by molar-refractivity contribution is 5.69. The maximum absolute atomic E-state index is 11.4. The fourth-order valence-corrected chi connectivity index (χ4v) is 3.58. The smallest absolute Gasteiger partial charge is 0.410 e. The molecule has 0 spiro atoms. The van der Waals surface area contributed by atoms with Gasteiger partial charge in [0.15, 0.2) is 0 Å². The van der Waals surface area contributed by atoms with Crippen LogP contribution in [0.15, 0.2) is 0 Å². The summed E-state index contributed by atoms with van der Waals surface area (Å²) in [5.41, 5.74) is 0. The standard InChI is InChI=1S/C12H20N2O2/c1-2-14-11(8-16-12(14)15)5-10-7-13-4-3-9(10)6-13/h9-11H,2-8H2,1H3. The van der Waals surface area contributed by atoms with E-state index in [2.05, 4.69) is 4.90 Å². The number of ether oxygens (including phenoxy) is 1. The Kier molecular flexibility index (Phi) is 2.54. The average molecular weight is 224 g/mol. The van der Waals surface area contributed by atoms with Crippen LogP contribution in [0.3, 0.4) is 0 Å². The normalized spacial score (nSPS) is 41.8. The number of piperidine rings is 1. The Balaban J connectivity index is 1.60. The molecule has 4 nitrogen and oxygen atoms in total. The molecular weight excluding hydrogens is 204 g/mol. The molecule has 3 rings (SSSR count). The Labute approximate surface area is 96.5 Å². The highest BCUT2D eigenvalue weighted by atomic mass is 16.6. The molecule has 3 heterocycles. The Bertz CT molecular complexity index is 295. The Morgan fingerprint density at radius 2 is 2.31 bits per heavy atom. The first-order valence-electron chi connectivity index (χ1n) is 6.43. The van der Waals surface area contributed by atoms with Gasteiger partial charge in [-0.05, 0) is 38.1 Å². The molecule has 4 heteroatoms. The second kappa shape index (κ2) is 3.91. The van der Waals surface area contributed by atoms with Gasteiger partial charge >= 0.3 is 6.09 Å². The molecule has 3 aliphatic heterocycles. The predicted molar refractivity (Wildman–Crippen MR) is 60.2 cm³/mol. The number of cyclic esters (lactones) is 1. The predicted octanol–water partition coefficient (Wildman–Crippen LogP) is 1.17. The van der Waals surface area contributed by atoms with E-state index in [1.54, 1.807) is 0 Å². The molecule has 0 N–H and O–H groups in total. The van der Waals surface area contributed by atoms with Gasteiger partial charge in [0.1, 0.15) is 6.61 Å². The van der Waals surface area contributed by atoms with Crippen molar-refractivity contribution in [1.82, 2.24) is 9.80 Å². The minimum Gasteiger partial charge on any atom is -0.447 e. The minimum absolute atomic E-state index is 0.115. The third-order valence-electron chi connectivity index (χ3n) is 4.46. The molecular formula is C12H20N2O2. The van der Waals surface area contributed by atoms with E-state index in [9.17, 15) is 4.79 Å². The van der Waals surface area contributed by atoms with Gasteiger partial charge in [-0.2, -0.15) is 0 Å². The largest absolute Gasteiger partial charge is 0.447 e. The fourth-order valence-electron chi connectivity index (χ4n) is 3.58. The molecule has 0 aromatic heterocycles. The number of carbonyl (C=O) groups is 1. The van der Waals surface area contributed by atoms with Crippen LogP contribution in [0, 0.1) is 11.8 Å². The second-order valence-electron chi connectivity index (χ2n) is 5.32. The van der Waals surface area contributed by atoms with E-state index in [1.165, 1.54) is 26.1 Å². The molecule has 16 heavy (non-hydrogen) atoms. The second-order valence-corrected chi connectivity index (χ2v) is 5.32. The highest BCUT2D eigenvalue weighted by Gasteiger charge is 2.41. The third-order valence-corrected chi connectivity index (χ3v) is 4.46. The lowest BCUT2D eigenvalue weighted by atomic mass is 9.87. The molecule has 0 aliphatic carbocycles. The van der Waals surface area contributed by atoms with Crippen molar-refractivity contribution < 1.29 is 9.53 Å². The van der Waals surface area contributed by atoms with Gasteiger partial charge in [0, 0.05) is 19.6 Å². The van der Waals surface area contributed by atoms with Crippen LogP contribution in [0.4, 0.5) is 4.79 Å². The van der Waals surface area contributed by atoms with Crippen molar-refractivity contribution in [2.75, 3.05) is 32.8 Å². The lowest BCUT2D eigenvalue weighted by Crippen LogP contribution is -2.37. The van der Waals surface area contributed by atoms with Crippen LogP contribution in [-0.2, 0) is 4.74 Å². The number of nitrogens with zero attached hydrogens (tertiary/aromatic N) is 2. The van der Waals surface area contributed by atoms with Gasteiger partial charge in [0.2, 0.25) is 0 Å². The van der Waals surface area contributed by atoms with Crippen LogP contribution in [0.1, 0.15) is 19.8 Å². The van der Waals surface area contributed by atoms with Crippen LogP contribution in [0.2, 0.25) is 0 Å². The first-order chi connectivity index (χ1) is 7.78. The molecule has 0 saturated carbocycles. The monoisotopic (exact) mass is 224 g/mol. The molecule has 4 unspecified atom stereocenters. The van der Waals surface area contributed by atoms with E-state index in [0.29, 0.717) is 12.6 Å². The lowest BCUT2D eigenvalue weighted by Gasteiger charge is -2.27. The van der Waals surface area contributed by atoms with Crippen molar-refractivity contribution in [3.8, 4) is 0 Å². The Morgan fingerprint density at radius 1 is 1.44 bits per heavy atom. The molecule has 2 bridgehead atoms. The zero-order chi connectivity index (χ0) is 11.1. The van der Waals surface area contributed by atoms with Crippen LogP contribution in [0.25, 0.3) is 0 Å². The lowest BCUT2D eigenvalue weighted by molar-refractivity contribution is 0.158.